The number of hydrogen-bond acceptors (Lipinski definition) is 13. The van der Waals surface area contributed by atoms with Crippen molar-refractivity contribution in [2.45, 2.75) is 106 Å². The molecule has 5 aromatic rings. The van der Waals surface area contributed by atoms with Crippen molar-refractivity contribution in [2.24, 2.45) is 5.92 Å². The van der Waals surface area contributed by atoms with Crippen LogP contribution in [0.1, 0.15) is 85.4 Å². The number of hydrogen-bond donors (Lipinski definition) is 3. The Morgan fingerprint density at radius 1 is 0.963 bits per heavy atom. The smallest absolute Gasteiger partial charge is 0.436 e. The number of pyridine rings is 1. The Morgan fingerprint density at radius 3 is 2.21 bits per heavy atom. The zero-order valence-corrected chi connectivity index (χ0v) is 45.2. The lowest BCUT2D eigenvalue weighted by Crippen LogP contribution is -2.50. The standard InChI is InChI=1S/C46H46ClF10N8O12PS2/c1-43(2,79(3,72)73)12-11-25-7-8-26(36(58-25)31(16-22-14-23(48)17-24(49)15-22)59-33(66)19-63-39-34(38(60-63)46(55,56)57)28-18-29(28)45(39,53)54)27-9-10-30(47)35-37(27)64(20-44(50,51)52)61-40(35)65(80(4,74)75)42(68)62-13-5-6-32(62)41(67)76-21-77-78(69,70)71/h7-10,14-15,17,28-29,31-32H,5-6,11-13,16,18-21H2,1-4H3,(H,59,66)(H2,69,70,71)/t28-,29+,31-,32-/m0/s1. The number of ether oxygens (including phenoxy) is 1. The average Bonchev–Trinajstić information content (AvgIpc) is 2.78. The molecule has 20 nitrogen and oxygen atoms in total. The predicted molar refractivity (Wildman–Crippen MR) is 261 cm³/mol. The molecule has 8 rings (SSSR count). The molecule has 2 aromatic carbocycles. The number of phosphoric acid groups is 1. The SMILES string of the molecule is CC(C)(CCc1ccc(-c2ccc(Cl)c3c(N(C(=O)N4CCC[C@H]4C(=O)OCOP(=O)(O)O)S(C)(=O)=O)nn(CC(F)(F)F)c23)c([C@H](Cc2cc(F)cc(F)c2)NC(=O)Cn2nc(C(F)(F)F)c3c2C(F)(F)[C@@H]2C[C@H]32)n1)S(C)(=O)=O. The molecule has 3 amide bonds. The number of carbonyl (C=O) groups is 3. The van der Waals surface area contributed by atoms with Gasteiger partial charge in [0, 0.05) is 47.2 Å². The number of phosphoric ester groups is 1. The van der Waals surface area contributed by atoms with Crippen molar-refractivity contribution >= 4 is 73.9 Å². The van der Waals surface area contributed by atoms with E-state index in [2.05, 4.69) is 25.0 Å². The summed E-state index contributed by atoms with van der Waals surface area (Å²) < 4.78 is 220. The fraction of sp³-hybridized carbons (Fsp3) is 0.478. The number of aryl methyl sites for hydroxylation is 1. The van der Waals surface area contributed by atoms with Gasteiger partial charge in [0.15, 0.2) is 21.3 Å². The van der Waals surface area contributed by atoms with Crippen molar-refractivity contribution in [3.63, 3.8) is 0 Å². The molecule has 3 aliphatic rings. The number of benzene rings is 2. The van der Waals surface area contributed by atoms with E-state index in [0.29, 0.717) is 17.2 Å². The summed E-state index contributed by atoms with van der Waals surface area (Å²) >= 11 is 6.71. The van der Waals surface area contributed by atoms with Crippen LogP contribution in [0.4, 0.5) is 54.5 Å². The minimum absolute atomic E-state index is 0.000682. The van der Waals surface area contributed by atoms with E-state index in [1.807, 2.05) is 0 Å². The summed E-state index contributed by atoms with van der Waals surface area (Å²) in [5.41, 5.74) is -5.76. The maximum absolute atomic E-state index is 15.7. The average molecular weight is 1220 g/mol. The minimum Gasteiger partial charge on any atom is -0.436 e. The van der Waals surface area contributed by atoms with Gasteiger partial charge in [0.2, 0.25) is 22.7 Å². The van der Waals surface area contributed by atoms with Gasteiger partial charge in [0.05, 0.1) is 38.7 Å². The van der Waals surface area contributed by atoms with Crippen LogP contribution in [0.5, 0.6) is 0 Å². The highest BCUT2D eigenvalue weighted by Gasteiger charge is 2.68. The Hall–Kier alpha value is -5.92. The lowest BCUT2D eigenvalue weighted by molar-refractivity contribution is -0.155. The molecular formula is C46H46ClF10N8O12PS2. The number of halogens is 11. The normalized spacial score (nSPS) is 18.8. The molecule has 2 aliphatic carbocycles. The minimum atomic E-state index is -5.25. The maximum Gasteiger partial charge on any atom is 0.472 e. The first-order valence-corrected chi connectivity index (χ1v) is 29.4. The van der Waals surface area contributed by atoms with Crippen LogP contribution in [0.3, 0.4) is 0 Å². The molecule has 80 heavy (non-hydrogen) atoms. The Kier molecular flexibility index (Phi) is 15.9. The molecule has 436 valence electrons. The summed E-state index contributed by atoms with van der Waals surface area (Å²) in [7, 11) is -14.0. The van der Waals surface area contributed by atoms with Crippen LogP contribution in [-0.2, 0) is 81.3 Å². The number of sulfone groups is 1. The molecule has 1 saturated heterocycles. The first-order chi connectivity index (χ1) is 36.8. The highest BCUT2D eigenvalue weighted by Crippen LogP contribution is 2.68. The van der Waals surface area contributed by atoms with Crippen molar-refractivity contribution in [1.29, 1.82) is 0 Å². The molecule has 3 N–H and O–H groups in total. The third-order valence-electron chi connectivity index (χ3n) is 13.8. The van der Waals surface area contributed by atoms with Crippen LogP contribution in [0, 0.1) is 17.6 Å². The van der Waals surface area contributed by atoms with Crippen LogP contribution in [0.2, 0.25) is 5.02 Å². The lowest BCUT2D eigenvalue weighted by Gasteiger charge is -2.28. The Labute approximate surface area is 452 Å². The highest BCUT2D eigenvalue weighted by atomic mass is 35.5. The van der Waals surface area contributed by atoms with Gasteiger partial charge in [0.25, 0.3) is 5.92 Å². The Balaban J connectivity index is 1.31. The summed E-state index contributed by atoms with van der Waals surface area (Å²) in [5.74, 6) is -12.7. The van der Waals surface area contributed by atoms with E-state index in [0.717, 1.165) is 30.5 Å². The van der Waals surface area contributed by atoms with Crippen molar-refractivity contribution in [1.82, 2.24) is 34.8 Å². The van der Waals surface area contributed by atoms with Gasteiger partial charge >= 0.3 is 32.2 Å². The predicted octanol–water partition coefficient (Wildman–Crippen LogP) is 7.83. The number of carbonyl (C=O) groups excluding carboxylic acids is 3. The number of fused-ring (bicyclic) bond motifs is 4. The van der Waals surface area contributed by atoms with Crippen LogP contribution in [-0.4, -0.2) is 117 Å². The van der Waals surface area contributed by atoms with Gasteiger partial charge in [-0.15, -0.1) is 0 Å². The van der Waals surface area contributed by atoms with E-state index in [4.69, 9.17) is 26.1 Å². The maximum atomic E-state index is 15.7. The number of aromatic nitrogens is 5. The van der Waals surface area contributed by atoms with E-state index in [1.165, 1.54) is 26.0 Å². The molecule has 1 aliphatic heterocycles. The molecule has 1 saturated carbocycles. The summed E-state index contributed by atoms with van der Waals surface area (Å²) in [5, 5.41) is 8.53. The lowest BCUT2D eigenvalue weighted by atomic mass is 9.93. The van der Waals surface area contributed by atoms with Gasteiger partial charge in [-0.25, -0.2) is 44.3 Å². The summed E-state index contributed by atoms with van der Waals surface area (Å²) in [6.07, 6.45) is -10.7. The Bertz CT molecular complexity index is 3590. The van der Waals surface area contributed by atoms with E-state index in [-0.39, 0.29) is 62.6 Å². The topological polar surface area (TPSA) is 263 Å². The number of alkyl halides is 8. The van der Waals surface area contributed by atoms with E-state index < -0.39 is 187 Å². The van der Waals surface area contributed by atoms with Crippen molar-refractivity contribution in [2.75, 3.05) is 30.2 Å². The van der Waals surface area contributed by atoms with Crippen LogP contribution in [0.15, 0.2) is 42.5 Å². The zero-order valence-electron chi connectivity index (χ0n) is 42.0. The molecule has 3 aromatic heterocycles. The quantitative estimate of drug-likeness (QED) is 0.0327. The summed E-state index contributed by atoms with van der Waals surface area (Å²) in [6, 6.07) is 1.56. The molecule has 34 heteroatoms. The van der Waals surface area contributed by atoms with Gasteiger partial charge in [-0.3, -0.25) is 19.1 Å². The first-order valence-electron chi connectivity index (χ1n) is 23.7. The third-order valence-corrected chi connectivity index (χ3v) is 17.8. The van der Waals surface area contributed by atoms with E-state index >= 15 is 8.78 Å². The van der Waals surface area contributed by atoms with Crippen molar-refractivity contribution in [3.05, 3.63) is 93.0 Å². The van der Waals surface area contributed by atoms with E-state index in [9.17, 15) is 70.9 Å². The fourth-order valence-corrected chi connectivity index (χ4v) is 11.5. The third kappa shape index (κ3) is 12.4. The second-order valence-corrected chi connectivity index (χ2v) is 26.1. The van der Waals surface area contributed by atoms with Gasteiger partial charge in [0.1, 0.15) is 36.5 Å². The zero-order chi connectivity index (χ0) is 59.2. The number of likely N-dealkylation sites (tertiary alicyclic amines) is 1. The molecule has 0 bridgehead atoms. The number of rotatable bonds is 18. The highest BCUT2D eigenvalue weighted by molar-refractivity contribution is 7.93. The van der Waals surface area contributed by atoms with Crippen LogP contribution in [0.25, 0.3) is 22.0 Å². The summed E-state index contributed by atoms with van der Waals surface area (Å²) in [6.45, 7) is -2.35. The van der Waals surface area contributed by atoms with Crippen LogP contribution >= 0.6 is 19.4 Å². The Morgan fingerprint density at radius 2 is 1.61 bits per heavy atom. The number of esters is 1. The number of nitrogens with zero attached hydrogens (tertiary/aromatic N) is 7. The summed E-state index contributed by atoms with van der Waals surface area (Å²) in [4.78, 5) is 65.2. The van der Waals surface area contributed by atoms with E-state index in [1.54, 1.807) is 0 Å². The van der Waals surface area contributed by atoms with Gasteiger partial charge in [-0.05, 0) is 88.1 Å². The number of nitrogens with one attached hydrogen (secondary N) is 1. The van der Waals surface area contributed by atoms with Gasteiger partial charge < -0.3 is 24.7 Å². The molecular weight excluding hydrogens is 1180 g/mol. The van der Waals surface area contributed by atoms with Gasteiger partial charge in [-0.2, -0.15) is 49.6 Å². The number of amides is 3. The molecule has 4 heterocycles. The molecule has 0 radical (unpaired) electrons. The first kappa shape index (κ1) is 60.2. The number of sulfonamides is 1. The van der Waals surface area contributed by atoms with Crippen molar-refractivity contribution < 1.29 is 98.7 Å². The number of urea groups is 1. The molecule has 4 atom stereocenters. The molecule has 0 unspecified atom stereocenters. The molecule has 0 spiro atoms. The van der Waals surface area contributed by atoms with Crippen molar-refractivity contribution in [3.8, 4) is 11.1 Å². The largest absolute Gasteiger partial charge is 0.472 e. The molecule has 2 fully saturated rings. The van der Waals surface area contributed by atoms with Crippen LogP contribution < -0.4 is 9.62 Å². The second-order valence-electron chi connectivity index (χ2n) is 20.0. The number of anilines is 1. The fourth-order valence-electron chi connectivity index (χ4n) is 9.82. The monoisotopic (exact) mass is 1220 g/mol. The second kappa shape index (κ2) is 21.1. The van der Waals surface area contributed by atoms with Gasteiger partial charge in [-0.1, -0.05) is 23.7 Å².